The van der Waals surface area contributed by atoms with E-state index in [0.717, 1.165) is 5.52 Å². The highest BCUT2D eigenvalue weighted by atomic mass is 19.1. The molecule has 0 fully saturated rings. The van der Waals surface area contributed by atoms with Crippen LogP contribution in [0.3, 0.4) is 0 Å². The molecule has 5 rings (SSSR count). The van der Waals surface area contributed by atoms with Crippen molar-refractivity contribution in [2.45, 2.75) is 0 Å². The van der Waals surface area contributed by atoms with E-state index in [9.17, 15) is 8.78 Å². The SMILES string of the molecule is Nc1cnc(-c2ccc(-c3ccc(-n4nnc5ccccc54)cc3F)cc2F)cn1. The molecule has 0 unspecified atom stereocenters. The fourth-order valence-electron chi connectivity index (χ4n) is 3.30. The maximum Gasteiger partial charge on any atom is 0.141 e. The molecule has 30 heavy (non-hydrogen) atoms. The van der Waals surface area contributed by atoms with Crippen molar-refractivity contribution in [2.24, 2.45) is 0 Å². The zero-order valence-electron chi connectivity index (χ0n) is 15.5. The van der Waals surface area contributed by atoms with Crippen molar-refractivity contribution in [2.75, 3.05) is 5.73 Å². The minimum Gasteiger partial charge on any atom is -0.382 e. The summed E-state index contributed by atoms with van der Waals surface area (Å²) in [5.74, 6) is -0.776. The minimum absolute atomic E-state index is 0.248. The zero-order chi connectivity index (χ0) is 20.7. The number of para-hydroxylation sites is 1. The fraction of sp³-hybridized carbons (Fsp3) is 0. The summed E-state index contributed by atoms with van der Waals surface area (Å²) in [6, 6.07) is 16.5. The normalized spacial score (nSPS) is 11.1. The van der Waals surface area contributed by atoms with E-state index in [2.05, 4.69) is 20.3 Å². The third kappa shape index (κ3) is 3.04. The minimum atomic E-state index is -0.530. The van der Waals surface area contributed by atoms with Crippen LogP contribution < -0.4 is 5.73 Å². The highest BCUT2D eigenvalue weighted by Gasteiger charge is 2.13. The van der Waals surface area contributed by atoms with E-state index >= 15 is 0 Å². The van der Waals surface area contributed by atoms with E-state index in [1.807, 2.05) is 24.3 Å². The van der Waals surface area contributed by atoms with Crippen molar-refractivity contribution >= 4 is 16.9 Å². The molecule has 0 aliphatic heterocycles. The number of rotatable bonds is 3. The molecule has 5 aromatic rings. The number of hydrogen-bond acceptors (Lipinski definition) is 5. The van der Waals surface area contributed by atoms with Gasteiger partial charge < -0.3 is 5.73 Å². The zero-order valence-corrected chi connectivity index (χ0v) is 15.5. The third-order valence-corrected chi connectivity index (χ3v) is 4.78. The van der Waals surface area contributed by atoms with Gasteiger partial charge in [0.1, 0.15) is 23.0 Å². The number of benzene rings is 3. The molecule has 8 heteroatoms. The van der Waals surface area contributed by atoms with Crippen LogP contribution in [0.4, 0.5) is 14.6 Å². The first-order valence-corrected chi connectivity index (χ1v) is 9.08. The van der Waals surface area contributed by atoms with Crippen LogP contribution in [0.1, 0.15) is 0 Å². The van der Waals surface area contributed by atoms with Crippen molar-refractivity contribution < 1.29 is 8.78 Å². The molecular weight excluding hydrogens is 386 g/mol. The first-order valence-electron chi connectivity index (χ1n) is 9.08. The highest BCUT2D eigenvalue weighted by molar-refractivity contribution is 5.76. The van der Waals surface area contributed by atoms with Crippen LogP contribution in [-0.2, 0) is 0 Å². The molecule has 2 N–H and O–H groups in total. The Balaban J connectivity index is 1.52. The van der Waals surface area contributed by atoms with Gasteiger partial charge >= 0.3 is 0 Å². The Labute approximate surface area is 169 Å². The monoisotopic (exact) mass is 400 g/mol. The molecule has 0 saturated heterocycles. The van der Waals surface area contributed by atoms with Gasteiger partial charge in [-0.25, -0.2) is 18.4 Å². The van der Waals surface area contributed by atoms with Gasteiger partial charge in [-0.2, -0.15) is 0 Å². The summed E-state index contributed by atoms with van der Waals surface area (Å²) in [7, 11) is 0. The van der Waals surface area contributed by atoms with Gasteiger partial charge in [-0.15, -0.1) is 5.10 Å². The molecule has 3 aromatic carbocycles. The lowest BCUT2D eigenvalue weighted by Gasteiger charge is -2.09. The van der Waals surface area contributed by atoms with Crippen LogP contribution >= 0.6 is 0 Å². The van der Waals surface area contributed by atoms with Gasteiger partial charge in [0.15, 0.2) is 0 Å². The molecule has 0 amide bonds. The first-order chi connectivity index (χ1) is 14.6. The molecule has 0 saturated carbocycles. The molecule has 2 heterocycles. The van der Waals surface area contributed by atoms with Gasteiger partial charge in [-0.05, 0) is 42.0 Å². The number of nitrogens with two attached hydrogens (primary N) is 1. The van der Waals surface area contributed by atoms with E-state index in [4.69, 9.17) is 5.73 Å². The summed E-state index contributed by atoms with van der Waals surface area (Å²) in [6.45, 7) is 0. The van der Waals surface area contributed by atoms with Gasteiger partial charge in [0, 0.05) is 17.2 Å². The fourth-order valence-corrected chi connectivity index (χ4v) is 3.30. The Morgan fingerprint density at radius 1 is 0.800 bits per heavy atom. The Morgan fingerprint density at radius 2 is 1.60 bits per heavy atom. The third-order valence-electron chi connectivity index (χ3n) is 4.78. The predicted molar refractivity (Wildman–Crippen MR) is 110 cm³/mol. The average molecular weight is 400 g/mol. The van der Waals surface area contributed by atoms with Crippen molar-refractivity contribution in [1.29, 1.82) is 0 Å². The molecule has 2 aromatic heterocycles. The smallest absolute Gasteiger partial charge is 0.141 e. The lowest BCUT2D eigenvalue weighted by Crippen LogP contribution is -1.98. The Hall–Kier alpha value is -4.20. The van der Waals surface area contributed by atoms with Crippen molar-refractivity contribution in [3.8, 4) is 28.1 Å². The predicted octanol–water partition coefficient (Wildman–Crippen LogP) is 4.40. The molecule has 0 spiro atoms. The molecule has 0 bridgehead atoms. The van der Waals surface area contributed by atoms with Crippen molar-refractivity contribution in [3.05, 3.63) is 84.7 Å². The maximum atomic E-state index is 14.9. The number of nitrogen functional groups attached to an aromatic ring is 1. The lowest BCUT2D eigenvalue weighted by molar-refractivity contribution is 0.625. The second kappa shape index (κ2) is 7.00. The number of halogens is 2. The molecular formula is C22H14F2N6. The Morgan fingerprint density at radius 3 is 2.37 bits per heavy atom. The largest absolute Gasteiger partial charge is 0.382 e. The number of nitrogens with zero attached hydrogens (tertiary/aromatic N) is 5. The van der Waals surface area contributed by atoms with E-state index in [1.165, 1.54) is 24.5 Å². The van der Waals surface area contributed by atoms with Gasteiger partial charge in [-0.1, -0.05) is 23.4 Å². The molecule has 0 aliphatic carbocycles. The summed E-state index contributed by atoms with van der Waals surface area (Å²) in [5.41, 5.74) is 8.82. The van der Waals surface area contributed by atoms with Crippen LogP contribution in [0.5, 0.6) is 0 Å². The van der Waals surface area contributed by atoms with Crippen LogP contribution in [0.2, 0.25) is 0 Å². The molecule has 146 valence electrons. The second-order valence-corrected chi connectivity index (χ2v) is 6.68. The lowest BCUT2D eigenvalue weighted by atomic mass is 10.0. The number of hydrogen-bond donors (Lipinski definition) is 1. The molecule has 6 nitrogen and oxygen atoms in total. The molecule has 0 aliphatic rings. The summed E-state index contributed by atoms with van der Waals surface area (Å²) in [6.07, 6.45) is 2.75. The van der Waals surface area contributed by atoms with Crippen LogP contribution in [0, 0.1) is 11.6 Å². The summed E-state index contributed by atoms with van der Waals surface area (Å²) in [4.78, 5) is 8.00. The molecule has 0 atom stereocenters. The first kappa shape index (κ1) is 17.9. The topological polar surface area (TPSA) is 82.5 Å². The van der Waals surface area contributed by atoms with Crippen LogP contribution in [0.15, 0.2) is 73.1 Å². The average Bonchev–Trinajstić information content (AvgIpc) is 3.19. The van der Waals surface area contributed by atoms with Crippen molar-refractivity contribution in [3.63, 3.8) is 0 Å². The van der Waals surface area contributed by atoms with E-state index in [0.29, 0.717) is 22.5 Å². The number of fused-ring (bicyclic) bond motifs is 1. The van der Waals surface area contributed by atoms with Crippen LogP contribution in [0.25, 0.3) is 39.1 Å². The van der Waals surface area contributed by atoms with Gasteiger partial charge in [0.25, 0.3) is 0 Å². The number of anilines is 1. The Bertz CT molecular complexity index is 1380. The molecule has 0 radical (unpaired) electrons. The van der Waals surface area contributed by atoms with Crippen molar-refractivity contribution in [1.82, 2.24) is 25.0 Å². The van der Waals surface area contributed by atoms with E-state index in [1.54, 1.807) is 28.9 Å². The van der Waals surface area contributed by atoms with Gasteiger partial charge in [-0.3, -0.25) is 4.98 Å². The second-order valence-electron chi connectivity index (χ2n) is 6.68. The quantitative estimate of drug-likeness (QED) is 0.485. The Kier molecular flexibility index (Phi) is 4.17. The standard InChI is InChI=1S/C22H14F2N6/c23-17-9-13(5-7-16(17)20-11-27-22(25)12-26-20)15-8-6-14(10-18(15)24)30-21-4-2-1-3-19(21)28-29-30/h1-12H,(H2,25,27). The summed E-state index contributed by atoms with van der Waals surface area (Å²) in [5, 5.41) is 8.18. The maximum absolute atomic E-state index is 14.9. The van der Waals surface area contributed by atoms with Crippen LogP contribution in [-0.4, -0.2) is 25.0 Å². The highest BCUT2D eigenvalue weighted by Crippen LogP contribution is 2.30. The van der Waals surface area contributed by atoms with E-state index in [-0.39, 0.29) is 16.9 Å². The number of aromatic nitrogens is 5. The summed E-state index contributed by atoms with van der Waals surface area (Å²) >= 11 is 0. The van der Waals surface area contributed by atoms with Gasteiger partial charge in [0.2, 0.25) is 0 Å². The van der Waals surface area contributed by atoms with E-state index < -0.39 is 11.6 Å². The van der Waals surface area contributed by atoms with Gasteiger partial charge in [0.05, 0.1) is 29.3 Å². The summed E-state index contributed by atoms with van der Waals surface area (Å²) < 4.78 is 31.2.